The zero-order chi connectivity index (χ0) is 26.1. The molecule has 2 heterocycles. The maximum absolute atomic E-state index is 13.4. The molecule has 1 aliphatic heterocycles. The summed E-state index contributed by atoms with van der Waals surface area (Å²) in [7, 11) is 2.99. The number of hydrogen-bond donors (Lipinski definition) is 1. The van der Waals surface area contributed by atoms with Gasteiger partial charge in [0.15, 0.2) is 17.3 Å². The third-order valence-corrected chi connectivity index (χ3v) is 5.87. The first-order valence-corrected chi connectivity index (χ1v) is 11.2. The Morgan fingerprint density at radius 3 is 2.27 bits per heavy atom. The average Bonchev–Trinajstić information content (AvgIpc) is 3.37. The van der Waals surface area contributed by atoms with Crippen molar-refractivity contribution in [2.24, 2.45) is 0 Å². The Morgan fingerprint density at radius 1 is 0.973 bits per heavy atom. The second-order valence-corrected chi connectivity index (χ2v) is 8.21. The highest BCUT2D eigenvalue weighted by Crippen LogP contribution is 2.35. The Bertz CT molecular complexity index is 1570. The second-order valence-electron chi connectivity index (χ2n) is 8.21. The molecule has 0 radical (unpaired) electrons. The summed E-state index contributed by atoms with van der Waals surface area (Å²) in [4.78, 5) is 39.6. The number of hydrogen-bond acceptors (Lipinski definition) is 7. The first-order chi connectivity index (χ1) is 17.9. The van der Waals surface area contributed by atoms with Gasteiger partial charge in [-0.25, -0.2) is 4.39 Å². The molecule has 9 nitrogen and oxygen atoms in total. The number of anilines is 1. The van der Waals surface area contributed by atoms with E-state index in [0.29, 0.717) is 34.2 Å². The van der Waals surface area contributed by atoms with Gasteiger partial charge in [0, 0.05) is 41.7 Å². The van der Waals surface area contributed by atoms with Crippen molar-refractivity contribution in [2.45, 2.75) is 6.54 Å². The summed E-state index contributed by atoms with van der Waals surface area (Å²) in [5, 5.41) is 2.95. The lowest BCUT2D eigenvalue weighted by Gasteiger charge is -2.15. The molecule has 5 rings (SSSR count). The lowest BCUT2D eigenvalue weighted by Crippen LogP contribution is -2.24. The molecule has 0 unspecified atom stereocenters. The van der Waals surface area contributed by atoms with Crippen molar-refractivity contribution < 1.29 is 32.9 Å². The Balaban J connectivity index is 1.56. The zero-order valence-electron chi connectivity index (χ0n) is 19.9. The quantitative estimate of drug-likeness (QED) is 0.382. The Kier molecular flexibility index (Phi) is 6.22. The predicted molar refractivity (Wildman–Crippen MR) is 132 cm³/mol. The third-order valence-electron chi connectivity index (χ3n) is 5.87. The first kappa shape index (κ1) is 23.9. The molecule has 0 aliphatic carbocycles. The number of ether oxygens (including phenoxy) is 4. The topological polar surface area (TPSA) is 105 Å². The largest absolute Gasteiger partial charge is 0.497 e. The minimum atomic E-state index is -0.601. The van der Waals surface area contributed by atoms with Crippen molar-refractivity contribution in [1.29, 1.82) is 0 Å². The van der Waals surface area contributed by atoms with Crippen LogP contribution in [0.1, 0.15) is 15.9 Å². The summed E-state index contributed by atoms with van der Waals surface area (Å²) in [5.41, 5.74) is 0.235. The highest BCUT2D eigenvalue weighted by atomic mass is 19.1. The van der Waals surface area contributed by atoms with E-state index in [-0.39, 0.29) is 29.9 Å². The molecule has 3 aromatic carbocycles. The van der Waals surface area contributed by atoms with E-state index in [4.69, 9.17) is 18.9 Å². The van der Waals surface area contributed by atoms with Crippen molar-refractivity contribution in [2.75, 3.05) is 26.3 Å². The van der Waals surface area contributed by atoms with Crippen LogP contribution in [0.2, 0.25) is 0 Å². The summed E-state index contributed by atoms with van der Waals surface area (Å²) >= 11 is 0. The number of fused-ring (bicyclic) bond motifs is 2. The highest BCUT2D eigenvalue weighted by molar-refractivity contribution is 6.10. The number of nitrogens with one attached hydrogen (secondary N) is 1. The van der Waals surface area contributed by atoms with Gasteiger partial charge in [-0.3, -0.25) is 14.4 Å². The lowest BCUT2D eigenvalue weighted by atomic mass is 10.0. The van der Waals surface area contributed by atoms with E-state index in [1.165, 1.54) is 43.2 Å². The van der Waals surface area contributed by atoms with E-state index < -0.39 is 22.9 Å². The SMILES string of the molecule is COc1cc(NC(=O)Cn2cc(C(=O)c3ccc(F)cc3)c(=O)c3cc4c(cc32)OCO4)cc(OC)c1. The number of methoxy groups -OCH3 is 2. The second kappa shape index (κ2) is 9.65. The highest BCUT2D eigenvalue weighted by Gasteiger charge is 2.22. The number of nitrogens with zero attached hydrogens (tertiary/aromatic N) is 1. The molecule has 0 fully saturated rings. The van der Waals surface area contributed by atoms with Crippen LogP contribution in [-0.2, 0) is 11.3 Å². The number of ketones is 1. The molecule has 0 spiro atoms. The van der Waals surface area contributed by atoms with E-state index in [1.807, 2.05) is 0 Å². The van der Waals surface area contributed by atoms with Crippen LogP contribution in [0.5, 0.6) is 23.0 Å². The van der Waals surface area contributed by atoms with E-state index in [9.17, 15) is 18.8 Å². The van der Waals surface area contributed by atoms with Crippen molar-refractivity contribution >= 4 is 28.3 Å². The monoisotopic (exact) mass is 504 g/mol. The molecule has 1 aromatic heterocycles. The molecule has 0 atom stereocenters. The fourth-order valence-corrected chi connectivity index (χ4v) is 4.06. The summed E-state index contributed by atoms with van der Waals surface area (Å²) < 4.78 is 36.2. The average molecular weight is 504 g/mol. The van der Waals surface area contributed by atoms with Gasteiger partial charge in [0.2, 0.25) is 18.1 Å². The number of amides is 1. The zero-order valence-corrected chi connectivity index (χ0v) is 19.9. The number of halogens is 1. The molecule has 0 bridgehead atoms. The Labute approximate surface area is 209 Å². The van der Waals surface area contributed by atoms with E-state index in [1.54, 1.807) is 24.3 Å². The number of benzene rings is 3. The lowest BCUT2D eigenvalue weighted by molar-refractivity contribution is -0.116. The van der Waals surface area contributed by atoms with Gasteiger partial charge in [0.1, 0.15) is 23.9 Å². The molecule has 1 aliphatic rings. The number of carbonyl (C=O) groups excluding carboxylic acids is 2. The molecular formula is C27H21FN2O7. The Hall–Kier alpha value is -4.86. The molecule has 188 valence electrons. The third kappa shape index (κ3) is 4.68. The Morgan fingerprint density at radius 2 is 1.62 bits per heavy atom. The van der Waals surface area contributed by atoms with Crippen LogP contribution in [0.4, 0.5) is 10.1 Å². The van der Waals surface area contributed by atoms with E-state index in [2.05, 4.69) is 5.32 Å². The van der Waals surface area contributed by atoms with E-state index >= 15 is 0 Å². The van der Waals surface area contributed by atoms with Gasteiger partial charge < -0.3 is 28.8 Å². The summed E-state index contributed by atoms with van der Waals surface area (Å²) in [6.45, 7) is -0.251. The maximum atomic E-state index is 13.4. The molecule has 1 N–H and O–H groups in total. The van der Waals surface area contributed by atoms with Crippen LogP contribution in [0.3, 0.4) is 0 Å². The van der Waals surface area contributed by atoms with Crippen LogP contribution in [0.25, 0.3) is 10.9 Å². The molecule has 37 heavy (non-hydrogen) atoms. The van der Waals surface area contributed by atoms with Gasteiger partial charge in [-0.15, -0.1) is 0 Å². The standard InChI is InChI=1S/C27H21FN2O7/c1-34-18-7-17(8-19(9-18)35-2)29-25(31)13-30-12-21(26(32)15-3-5-16(28)6-4-15)27(33)20-10-23-24(11-22(20)30)37-14-36-23/h3-12H,13-14H2,1-2H3,(H,29,31). The molecule has 1 amide bonds. The number of pyridine rings is 1. The molecular weight excluding hydrogens is 483 g/mol. The van der Waals surface area contributed by atoms with Crippen LogP contribution in [0, 0.1) is 5.82 Å². The molecule has 0 saturated heterocycles. The smallest absolute Gasteiger partial charge is 0.244 e. The van der Waals surface area contributed by atoms with Gasteiger partial charge in [0.05, 0.1) is 30.7 Å². The van der Waals surface area contributed by atoms with E-state index in [0.717, 1.165) is 12.1 Å². The van der Waals surface area contributed by atoms with Gasteiger partial charge in [-0.2, -0.15) is 0 Å². The van der Waals surface area contributed by atoms with Gasteiger partial charge in [-0.1, -0.05) is 0 Å². The number of carbonyl (C=O) groups is 2. The van der Waals surface area contributed by atoms with Crippen LogP contribution in [-0.4, -0.2) is 37.3 Å². The van der Waals surface area contributed by atoms with Crippen LogP contribution in [0.15, 0.2) is 65.6 Å². The molecule has 0 saturated carbocycles. The summed E-state index contributed by atoms with van der Waals surface area (Å²) in [6, 6.07) is 12.9. The summed E-state index contributed by atoms with van der Waals surface area (Å²) in [6.07, 6.45) is 1.32. The number of rotatable bonds is 7. The minimum absolute atomic E-state index is 0.0145. The maximum Gasteiger partial charge on any atom is 0.244 e. The van der Waals surface area contributed by atoms with Crippen molar-refractivity contribution in [3.05, 3.63) is 88.0 Å². The minimum Gasteiger partial charge on any atom is -0.497 e. The van der Waals surface area contributed by atoms with Gasteiger partial charge in [-0.05, 0) is 30.3 Å². The van der Waals surface area contributed by atoms with Crippen molar-refractivity contribution in [3.63, 3.8) is 0 Å². The number of aromatic nitrogens is 1. The molecule has 10 heteroatoms. The summed E-state index contributed by atoms with van der Waals surface area (Å²) in [5.74, 6) is 0.207. The van der Waals surface area contributed by atoms with Crippen molar-refractivity contribution in [3.8, 4) is 23.0 Å². The van der Waals surface area contributed by atoms with Crippen molar-refractivity contribution in [1.82, 2.24) is 4.57 Å². The first-order valence-electron chi connectivity index (χ1n) is 11.2. The molecule has 4 aromatic rings. The van der Waals surface area contributed by atoms with Gasteiger partial charge >= 0.3 is 0 Å². The van der Waals surface area contributed by atoms with Crippen LogP contribution >= 0.6 is 0 Å². The van der Waals surface area contributed by atoms with Gasteiger partial charge in [0.25, 0.3) is 0 Å². The normalized spacial score (nSPS) is 11.9. The fraction of sp³-hybridized carbons (Fsp3) is 0.148. The van der Waals surface area contributed by atoms with Crippen LogP contribution < -0.4 is 29.7 Å². The fourth-order valence-electron chi connectivity index (χ4n) is 4.06. The predicted octanol–water partition coefficient (Wildman–Crippen LogP) is 3.76.